The van der Waals surface area contributed by atoms with Crippen LogP contribution in [0.15, 0.2) is 54.6 Å². The van der Waals surface area contributed by atoms with Crippen molar-refractivity contribution < 1.29 is 14.8 Å². The Morgan fingerprint density at radius 2 is 1.63 bits per heavy atom. The molecule has 0 amide bonds. The van der Waals surface area contributed by atoms with E-state index in [0.717, 1.165) is 32.7 Å². The van der Waals surface area contributed by atoms with Gasteiger partial charge < -0.3 is 9.84 Å². The van der Waals surface area contributed by atoms with Crippen LogP contribution in [0.4, 0.5) is 5.69 Å². The number of rotatable bonds is 8. The molecule has 2 aromatic rings. The number of non-ortho nitro benzene ring substituents is 1. The summed E-state index contributed by atoms with van der Waals surface area (Å²) < 4.78 is 5.53. The molecule has 0 aliphatic carbocycles. The van der Waals surface area contributed by atoms with Crippen LogP contribution < -0.4 is 4.74 Å². The minimum absolute atomic E-state index is 0.0243. The second-order valence-electron chi connectivity index (χ2n) is 6.78. The summed E-state index contributed by atoms with van der Waals surface area (Å²) in [5.74, 6) is 0.521. The van der Waals surface area contributed by atoms with E-state index in [1.54, 1.807) is 12.1 Å². The lowest BCUT2D eigenvalue weighted by atomic mass is 10.2. The Morgan fingerprint density at radius 3 is 2.26 bits per heavy atom. The monoisotopic (exact) mass is 371 g/mol. The second kappa shape index (κ2) is 9.45. The number of ether oxygens (including phenoxy) is 1. The summed E-state index contributed by atoms with van der Waals surface area (Å²) in [6.07, 6.45) is -0.596. The predicted molar refractivity (Wildman–Crippen MR) is 103 cm³/mol. The van der Waals surface area contributed by atoms with Crippen molar-refractivity contribution in [1.82, 2.24) is 9.80 Å². The molecule has 144 valence electrons. The van der Waals surface area contributed by atoms with Gasteiger partial charge in [0, 0.05) is 51.4 Å². The van der Waals surface area contributed by atoms with E-state index in [9.17, 15) is 15.2 Å². The summed E-state index contributed by atoms with van der Waals surface area (Å²) in [6, 6.07) is 16.3. The van der Waals surface area contributed by atoms with Gasteiger partial charge in [-0.3, -0.25) is 19.9 Å². The maximum absolute atomic E-state index is 10.6. The van der Waals surface area contributed by atoms with Crippen LogP contribution in [-0.4, -0.2) is 65.3 Å². The van der Waals surface area contributed by atoms with Gasteiger partial charge in [-0.25, -0.2) is 0 Å². The fourth-order valence-corrected chi connectivity index (χ4v) is 3.18. The fraction of sp³-hybridized carbons (Fsp3) is 0.400. The van der Waals surface area contributed by atoms with Gasteiger partial charge >= 0.3 is 0 Å². The molecule has 1 aliphatic heterocycles. The highest BCUT2D eigenvalue weighted by Crippen LogP contribution is 2.17. The SMILES string of the molecule is O=[N+]([O-])c1ccc(OCC(O)CN2CCN(Cc3ccccc3)CC2)cc1. The van der Waals surface area contributed by atoms with Gasteiger partial charge in [-0.1, -0.05) is 30.3 Å². The molecule has 2 aromatic carbocycles. The topological polar surface area (TPSA) is 79.1 Å². The number of β-amino-alcohol motifs (C(OH)–C–C–N with tert-alkyl or cyclic N) is 1. The van der Waals surface area contributed by atoms with Gasteiger partial charge in [-0.05, 0) is 17.7 Å². The first kappa shape index (κ1) is 19.3. The van der Waals surface area contributed by atoms with Crippen molar-refractivity contribution in [3.63, 3.8) is 0 Å². The van der Waals surface area contributed by atoms with Gasteiger partial charge in [-0.2, -0.15) is 0 Å². The van der Waals surface area contributed by atoms with Gasteiger partial charge in [0.2, 0.25) is 0 Å². The van der Waals surface area contributed by atoms with E-state index < -0.39 is 11.0 Å². The Balaban J connectivity index is 1.36. The van der Waals surface area contributed by atoms with E-state index in [0.29, 0.717) is 12.3 Å². The molecule has 1 unspecified atom stereocenters. The van der Waals surface area contributed by atoms with E-state index >= 15 is 0 Å². The molecule has 1 aliphatic rings. The van der Waals surface area contributed by atoms with Crippen molar-refractivity contribution in [2.45, 2.75) is 12.6 Å². The summed E-state index contributed by atoms with van der Waals surface area (Å²) >= 11 is 0. The average molecular weight is 371 g/mol. The number of hydrogen-bond donors (Lipinski definition) is 1. The molecule has 7 heteroatoms. The first-order chi connectivity index (χ1) is 13.1. The summed E-state index contributed by atoms with van der Waals surface area (Å²) in [6.45, 7) is 5.48. The molecule has 1 atom stereocenters. The van der Waals surface area contributed by atoms with E-state index in [-0.39, 0.29) is 12.3 Å². The zero-order valence-corrected chi connectivity index (χ0v) is 15.2. The van der Waals surface area contributed by atoms with E-state index in [4.69, 9.17) is 4.74 Å². The lowest BCUT2D eigenvalue weighted by Gasteiger charge is -2.35. The minimum Gasteiger partial charge on any atom is -0.491 e. The van der Waals surface area contributed by atoms with Gasteiger partial charge in [0.25, 0.3) is 5.69 Å². The number of benzene rings is 2. The normalized spacial score (nSPS) is 16.8. The van der Waals surface area contributed by atoms with Crippen LogP contribution >= 0.6 is 0 Å². The quantitative estimate of drug-likeness (QED) is 0.566. The fourth-order valence-electron chi connectivity index (χ4n) is 3.18. The third kappa shape index (κ3) is 6.02. The summed E-state index contributed by atoms with van der Waals surface area (Å²) in [4.78, 5) is 14.9. The van der Waals surface area contributed by atoms with E-state index in [1.807, 2.05) is 6.07 Å². The van der Waals surface area contributed by atoms with Crippen molar-refractivity contribution in [2.24, 2.45) is 0 Å². The summed E-state index contributed by atoms with van der Waals surface area (Å²) in [7, 11) is 0. The largest absolute Gasteiger partial charge is 0.491 e. The average Bonchev–Trinajstić information content (AvgIpc) is 2.69. The second-order valence-corrected chi connectivity index (χ2v) is 6.78. The molecular formula is C20H25N3O4. The maximum Gasteiger partial charge on any atom is 0.269 e. The number of nitro benzene ring substituents is 1. The van der Waals surface area contributed by atoms with Gasteiger partial charge in [-0.15, -0.1) is 0 Å². The van der Waals surface area contributed by atoms with Gasteiger partial charge in [0.1, 0.15) is 18.5 Å². The number of nitrogens with zero attached hydrogens (tertiary/aromatic N) is 3. The third-order valence-corrected chi connectivity index (χ3v) is 4.67. The van der Waals surface area contributed by atoms with Crippen molar-refractivity contribution in [3.05, 3.63) is 70.3 Å². The van der Waals surface area contributed by atoms with E-state index in [1.165, 1.54) is 17.7 Å². The molecular weight excluding hydrogens is 346 g/mol. The van der Waals surface area contributed by atoms with Crippen LogP contribution in [0, 0.1) is 10.1 Å². The van der Waals surface area contributed by atoms with Crippen LogP contribution in [0.1, 0.15) is 5.56 Å². The Bertz CT molecular complexity index is 716. The number of hydrogen-bond acceptors (Lipinski definition) is 6. The molecule has 3 rings (SSSR count). The molecule has 0 bridgehead atoms. The van der Waals surface area contributed by atoms with Gasteiger partial charge in [0.15, 0.2) is 0 Å². The lowest BCUT2D eigenvalue weighted by molar-refractivity contribution is -0.384. The molecule has 7 nitrogen and oxygen atoms in total. The van der Waals surface area contributed by atoms with Crippen LogP contribution in [0.2, 0.25) is 0 Å². The van der Waals surface area contributed by atoms with Crippen LogP contribution in [0.25, 0.3) is 0 Å². The van der Waals surface area contributed by atoms with Crippen molar-refractivity contribution in [2.75, 3.05) is 39.3 Å². The van der Waals surface area contributed by atoms with Gasteiger partial charge in [0.05, 0.1) is 4.92 Å². The van der Waals surface area contributed by atoms with E-state index in [2.05, 4.69) is 34.1 Å². The smallest absolute Gasteiger partial charge is 0.269 e. The molecule has 0 aromatic heterocycles. The number of aliphatic hydroxyl groups is 1. The number of aliphatic hydroxyl groups excluding tert-OH is 1. The third-order valence-electron chi connectivity index (χ3n) is 4.67. The van der Waals surface area contributed by atoms with Crippen molar-refractivity contribution in [3.8, 4) is 5.75 Å². The summed E-state index contributed by atoms with van der Waals surface area (Å²) in [5.41, 5.74) is 1.35. The lowest BCUT2D eigenvalue weighted by Crippen LogP contribution is -2.48. The Hall–Kier alpha value is -2.48. The molecule has 0 radical (unpaired) electrons. The molecule has 0 spiro atoms. The molecule has 1 heterocycles. The maximum atomic E-state index is 10.6. The van der Waals surface area contributed by atoms with Crippen LogP contribution in [0.5, 0.6) is 5.75 Å². The molecule has 1 saturated heterocycles. The van der Waals surface area contributed by atoms with Crippen molar-refractivity contribution >= 4 is 5.69 Å². The molecule has 1 fully saturated rings. The standard InChI is InChI=1S/C20H25N3O4/c24-19(16-27-20-8-6-18(7-9-20)23(25)26)15-22-12-10-21(11-13-22)14-17-4-2-1-3-5-17/h1-9,19,24H,10-16H2. The minimum atomic E-state index is -0.596. The highest BCUT2D eigenvalue weighted by Gasteiger charge is 2.19. The zero-order chi connectivity index (χ0) is 19.1. The first-order valence-corrected chi connectivity index (χ1v) is 9.14. The molecule has 1 N–H and O–H groups in total. The molecule has 0 saturated carbocycles. The Morgan fingerprint density at radius 1 is 1.00 bits per heavy atom. The zero-order valence-electron chi connectivity index (χ0n) is 15.2. The molecule has 27 heavy (non-hydrogen) atoms. The Labute approximate surface area is 158 Å². The highest BCUT2D eigenvalue weighted by molar-refractivity contribution is 5.35. The number of piperazine rings is 1. The first-order valence-electron chi connectivity index (χ1n) is 9.14. The van der Waals surface area contributed by atoms with Crippen LogP contribution in [0.3, 0.4) is 0 Å². The summed E-state index contributed by atoms with van der Waals surface area (Å²) in [5, 5.41) is 20.9. The Kier molecular flexibility index (Phi) is 6.75. The number of nitro groups is 1. The highest BCUT2D eigenvalue weighted by atomic mass is 16.6. The predicted octanol–water partition coefficient (Wildman–Crippen LogP) is 2.15. The van der Waals surface area contributed by atoms with Crippen molar-refractivity contribution in [1.29, 1.82) is 0 Å². The van der Waals surface area contributed by atoms with Crippen LogP contribution in [-0.2, 0) is 6.54 Å².